The average Bonchev–Trinajstić information content (AvgIpc) is 3.23. The Bertz CT molecular complexity index is 1020. The zero-order valence-electron chi connectivity index (χ0n) is 13.7. The maximum absolute atomic E-state index is 12.1. The minimum absolute atomic E-state index is 0.212. The molecule has 0 spiro atoms. The van der Waals surface area contributed by atoms with Crippen molar-refractivity contribution in [3.63, 3.8) is 0 Å². The smallest absolute Gasteiger partial charge is 0.363 e. The second-order valence-corrected chi connectivity index (χ2v) is 6.18. The number of nitrogens with zero attached hydrogens (tertiary/aromatic N) is 3. The van der Waals surface area contributed by atoms with E-state index < -0.39 is 5.97 Å². The molecule has 1 aliphatic rings. The predicted molar refractivity (Wildman–Crippen MR) is 99.8 cm³/mol. The topological polar surface area (TPSA) is 56.5 Å². The van der Waals surface area contributed by atoms with Crippen LogP contribution in [0.3, 0.4) is 0 Å². The molecule has 0 amide bonds. The first-order valence-electron chi connectivity index (χ1n) is 8.03. The molecule has 0 bridgehead atoms. The molecular formula is C20H14ClN3O2. The Morgan fingerprint density at radius 1 is 1.08 bits per heavy atom. The van der Waals surface area contributed by atoms with E-state index in [0.29, 0.717) is 17.1 Å². The lowest BCUT2D eigenvalue weighted by atomic mass is 10.2. The molecule has 0 unspecified atom stereocenters. The van der Waals surface area contributed by atoms with Crippen LogP contribution in [0.15, 0.2) is 77.7 Å². The molecule has 4 rings (SSSR count). The largest absolute Gasteiger partial charge is 0.402 e. The summed E-state index contributed by atoms with van der Waals surface area (Å²) >= 11 is 6.14. The lowest BCUT2D eigenvalue weighted by molar-refractivity contribution is -0.129. The summed E-state index contributed by atoms with van der Waals surface area (Å²) in [6, 6.07) is 17.1. The van der Waals surface area contributed by atoms with E-state index in [2.05, 4.69) is 10.1 Å². The molecule has 0 aliphatic carbocycles. The van der Waals surface area contributed by atoms with Gasteiger partial charge in [0.1, 0.15) is 0 Å². The van der Waals surface area contributed by atoms with Crippen molar-refractivity contribution in [2.75, 3.05) is 0 Å². The molecule has 128 valence electrons. The Kier molecular flexibility index (Phi) is 4.37. The van der Waals surface area contributed by atoms with E-state index in [0.717, 1.165) is 11.1 Å². The van der Waals surface area contributed by atoms with Gasteiger partial charge in [0.05, 0.1) is 23.3 Å². The Morgan fingerprint density at radius 3 is 2.65 bits per heavy atom. The minimum atomic E-state index is -0.504. The summed E-state index contributed by atoms with van der Waals surface area (Å²) < 4.78 is 7.05. The van der Waals surface area contributed by atoms with Crippen LogP contribution in [-0.2, 0) is 16.1 Å². The van der Waals surface area contributed by atoms with Crippen LogP contribution in [0.5, 0.6) is 0 Å². The van der Waals surface area contributed by atoms with Gasteiger partial charge in [0.15, 0.2) is 5.70 Å². The highest BCUT2D eigenvalue weighted by Crippen LogP contribution is 2.23. The molecule has 1 aromatic heterocycles. The Labute approximate surface area is 155 Å². The van der Waals surface area contributed by atoms with Gasteiger partial charge in [-0.1, -0.05) is 54.1 Å². The molecule has 0 fully saturated rings. The van der Waals surface area contributed by atoms with Gasteiger partial charge in [-0.25, -0.2) is 9.79 Å². The van der Waals surface area contributed by atoms with Gasteiger partial charge in [0.25, 0.3) is 0 Å². The van der Waals surface area contributed by atoms with Crippen molar-refractivity contribution in [2.45, 2.75) is 6.54 Å². The Balaban J connectivity index is 1.57. The number of halogens is 1. The van der Waals surface area contributed by atoms with E-state index in [1.165, 1.54) is 0 Å². The van der Waals surface area contributed by atoms with Crippen LogP contribution in [0.2, 0.25) is 5.02 Å². The van der Waals surface area contributed by atoms with Gasteiger partial charge in [0, 0.05) is 11.8 Å². The van der Waals surface area contributed by atoms with Gasteiger partial charge in [-0.2, -0.15) is 5.10 Å². The van der Waals surface area contributed by atoms with Crippen molar-refractivity contribution in [1.29, 1.82) is 0 Å². The van der Waals surface area contributed by atoms with Gasteiger partial charge in [-0.05, 0) is 23.8 Å². The number of ether oxygens (including phenoxy) is 1. The van der Waals surface area contributed by atoms with Crippen LogP contribution >= 0.6 is 11.6 Å². The van der Waals surface area contributed by atoms with Crippen LogP contribution in [0.1, 0.15) is 16.7 Å². The first kappa shape index (κ1) is 16.3. The maximum Gasteiger partial charge on any atom is 0.363 e. The lowest BCUT2D eigenvalue weighted by Gasteiger charge is -2.00. The maximum atomic E-state index is 12.1. The van der Waals surface area contributed by atoms with Gasteiger partial charge in [0.2, 0.25) is 5.90 Å². The predicted octanol–water partition coefficient (Wildman–Crippen LogP) is 3.93. The summed E-state index contributed by atoms with van der Waals surface area (Å²) in [5.41, 5.74) is 2.73. The van der Waals surface area contributed by atoms with E-state index in [9.17, 15) is 4.79 Å². The Hall–Kier alpha value is -3.18. The third-order valence-electron chi connectivity index (χ3n) is 3.87. The number of carbonyl (C=O) groups excluding carboxylic acids is 1. The fourth-order valence-corrected chi connectivity index (χ4v) is 2.84. The number of cyclic esters (lactones) is 1. The van der Waals surface area contributed by atoms with Gasteiger partial charge in [-0.3, -0.25) is 4.68 Å². The number of carbonyl (C=O) groups is 1. The molecule has 2 heterocycles. The Morgan fingerprint density at radius 2 is 1.85 bits per heavy atom. The monoisotopic (exact) mass is 363 g/mol. The molecule has 5 nitrogen and oxygen atoms in total. The number of aliphatic imine (C=N–C) groups is 1. The summed E-state index contributed by atoms with van der Waals surface area (Å²) in [5.74, 6) is -0.292. The lowest BCUT2D eigenvalue weighted by Crippen LogP contribution is -2.05. The highest BCUT2D eigenvalue weighted by atomic mass is 35.5. The highest BCUT2D eigenvalue weighted by Gasteiger charge is 2.25. The number of hydrogen-bond acceptors (Lipinski definition) is 4. The van der Waals surface area contributed by atoms with E-state index in [1.54, 1.807) is 35.2 Å². The molecule has 26 heavy (non-hydrogen) atoms. The van der Waals surface area contributed by atoms with Crippen LogP contribution in [0.25, 0.3) is 6.08 Å². The van der Waals surface area contributed by atoms with E-state index >= 15 is 0 Å². The molecule has 6 heteroatoms. The first-order valence-corrected chi connectivity index (χ1v) is 8.41. The zero-order chi connectivity index (χ0) is 17.9. The number of hydrogen-bond donors (Lipinski definition) is 0. The van der Waals surface area contributed by atoms with Gasteiger partial charge in [-0.15, -0.1) is 0 Å². The van der Waals surface area contributed by atoms with E-state index in [4.69, 9.17) is 16.3 Å². The second-order valence-electron chi connectivity index (χ2n) is 5.77. The minimum Gasteiger partial charge on any atom is -0.402 e. The summed E-state index contributed by atoms with van der Waals surface area (Å²) in [6.45, 7) is 0.655. The fourth-order valence-electron chi connectivity index (χ4n) is 2.63. The molecule has 1 aliphatic heterocycles. The van der Waals surface area contributed by atoms with E-state index in [-0.39, 0.29) is 11.6 Å². The number of benzene rings is 2. The molecule has 3 aromatic rings. The van der Waals surface area contributed by atoms with Gasteiger partial charge < -0.3 is 4.74 Å². The van der Waals surface area contributed by atoms with Crippen molar-refractivity contribution in [3.05, 3.63) is 94.4 Å². The van der Waals surface area contributed by atoms with Crippen LogP contribution < -0.4 is 0 Å². The second kappa shape index (κ2) is 6.98. The quantitative estimate of drug-likeness (QED) is 0.521. The highest BCUT2D eigenvalue weighted by molar-refractivity contribution is 6.34. The van der Waals surface area contributed by atoms with Gasteiger partial charge >= 0.3 is 5.97 Å². The fraction of sp³-hybridized carbons (Fsp3) is 0.0500. The summed E-state index contributed by atoms with van der Waals surface area (Å²) in [4.78, 5) is 16.4. The van der Waals surface area contributed by atoms with E-state index in [1.807, 2.05) is 42.6 Å². The van der Waals surface area contributed by atoms with Crippen molar-refractivity contribution >= 4 is 29.5 Å². The number of rotatable bonds is 4. The third kappa shape index (κ3) is 3.43. The van der Waals surface area contributed by atoms with Crippen molar-refractivity contribution in [1.82, 2.24) is 9.78 Å². The number of aromatic nitrogens is 2. The average molecular weight is 364 g/mol. The molecule has 2 aromatic carbocycles. The standard InChI is InChI=1S/C20H14ClN3O2/c21-17-9-5-4-8-16(17)19-23-18(20(25)26-19)10-15-11-22-24(13-15)12-14-6-2-1-3-7-14/h1-11,13H,12H2. The van der Waals surface area contributed by atoms with Crippen LogP contribution in [0, 0.1) is 0 Å². The van der Waals surface area contributed by atoms with Crippen molar-refractivity contribution in [2.24, 2.45) is 4.99 Å². The summed E-state index contributed by atoms with van der Waals surface area (Å²) in [5, 5.41) is 4.80. The molecule has 0 saturated heterocycles. The summed E-state index contributed by atoms with van der Waals surface area (Å²) in [7, 11) is 0. The first-order chi connectivity index (χ1) is 12.7. The molecule has 0 saturated carbocycles. The SMILES string of the molecule is O=C1OC(c2ccccc2Cl)=NC1=Cc1cnn(Cc2ccccc2)c1. The summed E-state index contributed by atoms with van der Waals surface area (Å²) in [6.07, 6.45) is 5.20. The third-order valence-corrected chi connectivity index (χ3v) is 4.20. The number of esters is 1. The molecule has 0 N–H and O–H groups in total. The van der Waals surface area contributed by atoms with Crippen LogP contribution in [-0.4, -0.2) is 21.6 Å². The molecular weight excluding hydrogens is 350 g/mol. The van der Waals surface area contributed by atoms with Crippen molar-refractivity contribution < 1.29 is 9.53 Å². The molecule has 0 atom stereocenters. The van der Waals surface area contributed by atoms with Crippen molar-refractivity contribution in [3.8, 4) is 0 Å². The molecule has 0 radical (unpaired) electrons. The van der Waals surface area contributed by atoms with Crippen LogP contribution in [0.4, 0.5) is 0 Å². The zero-order valence-corrected chi connectivity index (χ0v) is 14.4. The normalized spacial score (nSPS) is 15.2.